The number of nitrogens with zero attached hydrogens (tertiary/aromatic N) is 5. The van der Waals surface area contributed by atoms with Gasteiger partial charge < -0.3 is 9.64 Å². The zero-order chi connectivity index (χ0) is 23.5. The highest BCUT2D eigenvalue weighted by Gasteiger charge is 2.16. The molecule has 7 nitrogen and oxygen atoms in total. The molecule has 0 unspecified atom stereocenters. The van der Waals surface area contributed by atoms with Crippen LogP contribution in [0.25, 0.3) is 21.6 Å². The fraction of sp³-hybridized carbons (Fsp3) is 0.167. The van der Waals surface area contributed by atoms with Crippen molar-refractivity contribution in [1.29, 1.82) is 0 Å². The van der Waals surface area contributed by atoms with Gasteiger partial charge in [-0.3, -0.25) is 0 Å². The molecule has 2 heterocycles. The van der Waals surface area contributed by atoms with Gasteiger partial charge in [-0.25, -0.2) is 13.8 Å². The van der Waals surface area contributed by atoms with E-state index in [4.69, 9.17) is 4.74 Å². The molecule has 0 saturated heterocycles. The lowest BCUT2D eigenvalue weighted by atomic mass is 10.1. The van der Waals surface area contributed by atoms with Gasteiger partial charge in [0, 0.05) is 24.7 Å². The molecule has 5 rings (SSSR count). The smallest absolute Gasteiger partial charge is 0.204 e. The zero-order valence-corrected chi connectivity index (χ0v) is 19.0. The summed E-state index contributed by atoms with van der Waals surface area (Å²) in [6.45, 7) is 1.25. The van der Waals surface area contributed by atoms with Crippen molar-refractivity contribution < 1.29 is 13.5 Å². The first-order chi connectivity index (χ1) is 16.6. The number of anilines is 1. The molecule has 0 fully saturated rings. The number of benzene rings is 3. The normalized spacial score (nSPS) is 11.1. The number of ether oxygens (including phenoxy) is 1. The van der Waals surface area contributed by atoms with E-state index in [1.54, 1.807) is 7.11 Å². The molecule has 2 aromatic heterocycles. The number of aromatic nitrogens is 5. The molecule has 0 aliphatic heterocycles. The third-order valence-electron chi connectivity index (χ3n) is 5.45. The lowest BCUT2D eigenvalue weighted by Crippen LogP contribution is -2.25. The minimum absolute atomic E-state index is 0.445. The van der Waals surface area contributed by atoms with E-state index in [1.807, 2.05) is 48.5 Å². The lowest BCUT2D eigenvalue weighted by molar-refractivity contribution is 0.414. The number of H-pyrrole nitrogens is 1. The maximum Gasteiger partial charge on any atom is 0.204 e. The second kappa shape index (κ2) is 9.52. The number of nitrogens with one attached hydrogen (secondary N) is 1. The maximum atomic E-state index is 13.8. The van der Waals surface area contributed by atoms with Gasteiger partial charge >= 0.3 is 0 Å². The predicted octanol–water partition coefficient (Wildman–Crippen LogP) is 5.01. The Hall–Kier alpha value is -3.92. The number of tetrazole rings is 1. The lowest BCUT2D eigenvalue weighted by Gasteiger charge is -2.22. The van der Waals surface area contributed by atoms with Crippen LogP contribution in [0.15, 0.2) is 60.7 Å². The number of hydrogen-bond acceptors (Lipinski definition) is 7. The molecule has 10 heteroatoms. The van der Waals surface area contributed by atoms with Gasteiger partial charge in [0.2, 0.25) is 5.82 Å². The molecule has 0 aliphatic carbocycles. The molecule has 34 heavy (non-hydrogen) atoms. The van der Waals surface area contributed by atoms with Crippen LogP contribution in [0.1, 0.15) is 11.1 Å². The van der Waals surface area contributed by atoms with Gasteiger partial charge in [-0.15, -0.1) is 10.2 Å². The second-order valence-electron chi connectivity index (χ2n) is 7.68. The molecule has 5 aromatic rings. The van der Waals surface area contributed by atoms with Gasteiger partial charge in [0.1, 0.15) is 5.75 Å². The third kappa shape index (κ3) is 4.72. The minimum Gasteiger partial charge on any atom is -0.497 e. The van der Waals surface area contributed by atoms with Crippen molar-refractivity contribution in [2.45, 2.75) is 13.0 Å². The number of halogens is 2. The highest BCUT2D eigenvalue weighted by Crippen LogP contribution is 2.31. The molecule has 1 N–H and O–H groups in total. The van der Waals surface area contributed by atoms with Gasteiger partial charge in [-0.1, -0.05) is 47.7 Å². The number of methoxy groups -OCH3 is 1. The number of thiazole rings is 1. The predicted molar refractivity (Wildman–Crippen MR) is 127 cm³/mol. The van der Waals surface area contributed by atoms with Crippen LogP contribution in [0.3, 0.4) is 0 Å². The molecule has 0 atom stereocenters. The summed E-state index contributed by atoms with van der Waals surface area (Å²) in [5, 5.41) is 14.8. The summed E-state index contributed by atoms with van der Waals surface area (Å²) in [4.78, 5) is 6.71. The summed E-state index contributed by atoms with van der Waals surface area (Å²) in [5.74, 6) is -0.439. The number of aromatic amines is 1. The van der Waals surface area contributed by atoms with Crippen LogP contribution in [0.5, 0.6) is 5.75 Å². The number of fused-ring (bicyclic) bond motifs is 1. The van der Waals surface area contributed by atoms with Crippen molar-refractivity contribution in [3.63, 3.8) is 0 Å². The number of rotatable bonds is 8. The molecular weight excluding hydrogens is 458 g/mol. The van der Waals surface area contributed by atoms with E-state index in [2.05, 4.69) is 30.5 Å². The molecule has 172 valence electrons. The fourth-order valence-corrected chi connectivity index (χ4v) is 4.61. The average molecular weight is 479 g/mol. The average Bonchev–Trinajstić information content (AvgIpc) is 3.53. The van der Waals surface area contributed by atoms with Crippen molar-refractivity contribution in [2.75, 3.05) is 18.6 Å². The Bertz CT molecular complexity index is 1350. The highest BCUT2D eigenvalue weighted by molar-refractivity contribution is 7.22. The van der Waals surface area contributed by atoms with Gasteiger partial charge in [0.05, 0.1) is 17.3 Å². The van der Waals surface area contributed by atoms with Gasteiger partial charge in [0.25, 0.3) is 0 Å². The van der Waals surface area contributed by atoms with Crippen LogP contribution in [-0.4, -0.2) is 39.3 Å². The largest absolute Gasteiger partial charge is 0.497 e. The van der Waals surface area contributed by atoms with Crippen LogP contribution in [0.4, 0.5) is 13.9 Å². The van der Waals surface area contributed by atoms with Crippen LogP contribution >= 0.6 is 11.3 Å². The second-order valence-corrected chi connectivity index (χ2v) is 8.69. The molecule has 0 saturated carbocycles. The van der Waals surface area contributed by atoms with Gasteiger partial charge in [0.15, 0.2) is 16.8 Å². The fourth-order valence-electron chi connectivity index (χ4n) is 3.61. The van der Waals surface area contributed by atoms with Gasteiger partial charge in [-0.2, -0.15) is 5.21 Å². The topological polar surface area (TPSA) is 79.8 Å². The summed E-state index contributed by atoms with van der Waals surface area (Å²) < 4.78 is 33.3. The van der Waals surface area contributed by atoms with Crippen LogP contribution in [0, 0.1) is 11.6 Å². The number of hydrogen-bond donors (Lipinski definition) is 1. The quantitative estimate of drug-likeness (QED) is 0.338. The van der Waals surface area contributed by atoms with E-state index in [0.717, 1.165) is 34.9 Å². The van der Waals surface area contributed by atoms with E-state index in [-0.39, 0.29) is 0 Å². The Labute approximate surface area is 198 Å². The first-order valence-corrected chi connectivity index (χ1v) is 11.4. The monoisotopic (exact) mass is 478 g/mol. The molecule has 0 amide bonds. The molecule has 3 aromatic carbocycles. The van der Waals surface area contributed by atoms with E-state index >= 15 is 0 Å². The summed E-state index contributed by atoms with van der Waals surface area (Å²) in [6, 6.07) is 18.1. The Morgan fingerprint density at radius 1 is 0.971 bits per heavy atom. The highest BCUT2D eigenvalue weighted by atomic mass is 32.1. The first-order valence-electron chi connectivity index (χ1n) is 10.6. The van der Waals surface area contributed by atoms with Crippen LogP contribution in [-0.2, 0) is 13.0 Å². The van der Waals surface area contributed by atoms with E-state index in [0.29, 0.717) is 34.3 Å². The first kappa shape index (κ1) is 21.9. The third-order valence-corrected chi connectivity index (χ3v) is 6.53. The van der Waals surface area contributed by atoms with E-state index in [9.17, 15) is 8.78 Å². The summed E-state index contributed by atoms with van der Waals surface area (Å²) in [6.07, 6.45) is 0.767. The Morgan fingerprint density at radius 3 is 2.41 bits per heavy atom. The standard InChI is InChI=1S/C24H20F2N6OS/c1-33-18-8-4-15(5-9-18)10-11-32(24-27-21-12-19(25)20(26)13-22(21)34-24)14-16-2-6-17(7-3-16)23-28-30-31-29-23/h2-9,12-13H,10-11,14H2,1H3,(H,28,29,30,31). The molecule has 0 aliphatic rings. The molecule has 0 radical (unpaired) electrons. The Kier molecular flexibility index (Phi) is 6.13. The van der Waals surface area contributed by atoms with Crippen LogP contribution < -0.4 is 9.64 Å². The molecular formula is C24H20F2N6OS. The Balaban J connectivity index is 1.41. The van der Waals surface area contributed by atoms with E-state index in [1.165, 1.54) is 17.4 Å². The SMILES string of the molecule is COc1ccc(CCN(Cc2ccc(-c3nn[nH]n3)cc2)c2nc3cc(F)c(F)cc3s2)cc1. The molecule has 0 spiro atoms. The zero-order valence-electron chi connectivity index (χ0n) is 18.2. The minimum atomic E-state index is -0.897. The summed E-state index contributed by atoms with van der Waals surface area (Å²) in [7, 11) is 1.64. The van der Waals surface area contributed by atoms with Crippen LogP contribution in [0.2, 0.25) is 0 Å². The van der Waals surface area contributed by atoms with Crippen molar-refractivity contribution in [3.05, 3.63) is 83.4 Å². The summed E-state index contributed by atoms with van der Waals surface area (Å²) >= 11 is 1.35. The Morgan fingerprint density at radius 2 is 1.71 bits per heavy atom. The maximum absolute atomic E-state index is 13.8. The van der Waals surface area contributed by atoms with Gasteiger partial charge in [-0.05, 0) is 41.0 Å². The van der Waals surface area contributed by atoms with Crippen molar-refractivity contribution in [2.24, 2.45) is 0 Å². The molecule has 0 bridgehead atoms. The van der Waals surface area contributed by atoms with Crippen molar-refractivity contribution in [3.8, 4) is 17.1 Å². The van der Waals surface area contributed by atoms with Crippen molar-refractivity contribution >= 4 is 26.7 Å². The summed E-state index contributed by atoms with van der Waals surface area (Å²) in [5.41, 5.74) is 3.50. The van der Waals surface area contributed by atoms with E-state index < -0.39 is 11.6 Å². The van der Waals surface area contributed by atoms with Crippen molar-refractivity contribution in [1.82, 2.24) is 25.6 Å².